The van der Waals surface area contributed by atoms with E-state index in [9.17, 15) is 0 Å². The first-order valence-electron chi connectivity index (χ1n) is 7.89. The van der Waals surface area contributed by atoms with E-state index in [1.165, 1.54) is 38.7 Å². The summed E-state index contributed by atoms with van der Waals surface area (Å²) in [5, 5.41) is 6.20. The van der Waals surface area contributed by atoms with Crippen molar-refractivity contribution in [3.05, 3.63) is 84.9 Å². The van der Waals surface area contributed by atoms with E-state index in [1.807, 2.05) is 0 Å². The Hall–Kier alpha value is -3.06. The molecule has 0 atom stereocenters. The molecule has 0 bridgehead atoms. The summed E-state index contributed by atoms with van der Waals surface area (Å²) in [6.45, 7) is 0. The molecule has 1 N–H and O–H groups in total. The van der Waals surface area contributed by atoms with Crippen molar-refractivity contribution in [2.45, 2.75) is 0 Å². The lowest BCUT2D eigenvalue weighted by atomic mass is 9.88. The SMILES string of the molecule is c1ccc2c(c1)Nc1cccc3cccc(c13)-c1ccccc1-2. The zero-order valence-corrected chi connectivity index (χ0v) is 12.6. The monoisotopic (exact) mass is 293 g/mol. The number of fused-ring (bicyclic) bond motifs is 4. The molecule has 5 rings (SSSR count). The molecule has 0 aliphatic carbocycles. The van der Waals surface area contributed by atoms with Crippen LogP contribution < -0.4 is 5.32 Å². The van der Waals surface area contributed by atoms with Crippen LogP contribution in [-0.2, 0) is 0 Å². The number of benzene rings is 4. The van der Waals surface area contributed by atoms with Gasteiger partial charge in [-0.1, -0.05) is 72.8 Å². The van der Waals surface area contributed by atoms with Crippen molar-refractivity contribution in [1.82, 2.24) is 0 Å². The van der Waals surface area contributed by atoms with Crippen LogP contribution in [0.5, 0.6) is 0 Å². The Balaban J connectivity index is 2.00. The van der Waals surface area contributed by atoms with E-state index in [4.69, 9.17) is 0 Å². The quantitative estimate of drug-likeness (QED) is 0.357. The number of rotatable bonds is 0. The Labute approximate surface area is 135 Å². The fourth-order valence-corrected chi connectivity index (χ4v) is 3.59. The predicted octanol–water partition coefficient (Wildman–Crippen LogP) is 6.23. The molecule has 0 spiro atoms. The molecular weight excluding hydrogens is 278 g/mol. The summed E-state index contributed by atoms with van der Waals surface area (Å²) in [4.78, 5) is 0. The maximum Gasteiger partial charge on any atom is 0.0470 e. The molecule has 23 heavy (non-hydrogen) atoms. The molecule has 0 fully saturated rings. The molecule has 0 aromatic heterocycles. The Bertz CT molecular complexity index is 1040. The Kier molecular flexibility index (Phi) is 2.56. The van der Waals surface area contributed by atoms with E-state index in [0.29, 0.717) is 0 Å². The third-order valence-electron chi connectivity index (χ3n) is 4.61. The number of hydrogen-bond donors (Lipinski definition) is 1. The number of anilines is 2. The average Bonchev–Trinajstić information content (AvgIpc) is 2.61. The van der Waals surface area contributed by atoms with Gasteiger partial charge in [0.2, 0.25) is 0 Å². The molecule has 108 valence electrons. The normalized spacial score (nSPS) is 11.8. The van der Waals surface area contributed by atoms with Gasteiger partial charge in [-0.05, 0) is 34.2 Å². The lowest BCUT2D eigenvalue weighted by molar-refractivity contribution is 1.53. The molecule has 0 saturated heterocycles. The minimum atomic E-state index is 1.15. The molecule has 0 saturated carbocycles. The van der Waals surface area contributed by atoms with Crippen molar-refractivity contribution in [2.75, 3.05) is 5.32 Å². The Morgan fingerprint density at radius 3 is 1.83 bits per heavy atom. The molecule has 1 heteroatoms. The summed E-state index contributed by atoms with van der Waals surface area (Å²) >= 11 is 0. The Morgan fingerprint density at radius 2 is 1.00 bits per heavy atom. The van der Waals surface area contributed by atoms with Gasteiger partial charge in [0, 0.05) is 22.3 Å². The fraction of sp³-hybridized carbons (Fsp3) is 0. The third-order valence-corrected chi connectivity index (χ3v) is 4.61. The van der Waals surface area contributed by atoms with Gasteiger partial charge < -0.3 is 5.32 Å². The molecule has 0 radical (unpaired) electrons. The molecule has 1 heterocycles. The summed E-state index contributed by atoms with van der Waals surface area (Å²) in [6, 6.07) is 30.2. The minimum absolute atomic E-state index is 1.15. The highest BCUT2D eigenvalue weighted by molar-refractivity contribution is 6.10. The molecule has 4 aromatic rings. The number of para-hydroxylation sites is 1. The van der Waals surface area contributed by atoms with Crippen molar-refractivity contribution >= 4 is 22.1 Å². The van der Waals surface area contributed by atoms with Crippen molar-refractivity contribution < 1.29 is 0 Å². The highest BCUT2D eigenvalue weighted by Crippen LogP contribution is 2.44. The van der Waals surface area contributed by atoms with E-state index >= 15 is 0 Å². The van der Waals surface area contributed by atoms with E-state index in [0.717, 1.165) is 5.69 Å². The summed E-state index contributed by atoms with van der Waals surface area (Å²) in [5.41, 5.74) is 7.42. The summed E-state index contributed by atoms with van der Waals surface area (Å²) in [7, 11) is 0. The van der Waals surface area contributed by atoms with E-state index in [-0.39, 0.29) is 0 Å². The lowest BCUT2D eigenvalue weighted by Crippen LogP contribution is -1.99. The standard InChI is InChI=1S/C22H15N/c1-2-10-17-16(9-1)18-11-3-4-13-20(18)23-21-14-6-8-15-7-5-12-19(17)22(15)21/h1-14,23H. The van der Waals surface area contributed by atoms with Crippen molar-refractivity contribution in [3.8, 4) is 22.3 Å². The van der Waals surface area contributed by atoms with Crippen LogP contribution in [0.1, 0.15) is 0 Å². The van der Waals surface area contributed by atoms with Gasteiger partial charge in [-0.25, -0.2) is 0 Å². The summed E-state index contributed by atoms with van der Waals surface area (Å²) in [6.07, 6.45) is 0. The van der Waals surface area contributed by atoms with Gasteiger partial charge in [0.05, 0.1) is 0 Å². The molecule has 0 unspecified atom stereocenters. The molecule has 1 aliphatic heterocycles. The van der Waals surface area contributed by atoms with E-state index < -0.39 is 0 Å². The predicted molar refractivity (Wildman–Crippen MR) is 98.1 cm³/mol. The van der Waals surface area contributed by atoms with Gasteiger partial charge in [0.15, 0.2) is 0 Å². The molecular formula is C22H15N. The lowest BCUT2D eigenvalue weighted by Gasteiger charge is -2.22. The number of hydrogen-bond acceptors (Lipinski definition) is 1. The largest absolute Gasteiger partial charge is 0.354 e. The van der Waals surface area contributed by atoms with Crippen LogP contribution in [-0.4, -0.2) is 0 Å². The first-order valence-corrected chi connectivity index (χ1v) is 7.89. The number of nitrogens with one attached hydrogen (secondary N) is 1. The molecule has 1 nitrogen and oxygen atoms in total. The minimum Gasteiger partial charge on any atom is -0.354 e. The zero-order chi connectivity index (χ0) is 15.2. The van der Waals surface area contributed by atoms with E-state index in [2.05, 4.69) is 90.2 Å². The smallest absolute Gasteiger partial charge is 0.0470 e. The van der Waals surface area contributed by atoms with Crippen LogP contribution in [0.3, 0.4) is 0 Å². The molecule has 4 aromatic carbocycles. The highest BCUT2D eigenvalue weighted by Gasteiger charge is 2.17. The summed E-state index contributed by atoms with van der Waals surface area (Å²) in [5.74, 6) is 0. The maximum atomic E-state index is 3.65. The second kappa shape index (κ2) is 4.72. The van der Waals surface area contributed by atoms with Crippen LogP contribution in [0.25, 0.3) is 33.0 Å². The van der Waals surface area contributed by atoms with E-state index in [1.54, 1.807) is 0 Å². The second-order valence-corrected chi connectivity index (χ2v) is 5.93. The third kappa shape index (κ3) is 1.80. The Morgan fingerprint density at radius 1 is 0.435 bits per heavy atom. The van der Waals surface area contributed by atoms with Crippen LogP contribution in [0.4, 0.5) is 11.4 Å². The maximum absolute atomic E-state index is 3.65. The van der Waals surface area contributed by atoms with Gasteiger partial charge in [0.25, 0.3) is 0 Å². The van der Waals surface area contributed by atoms with Crippen molar-refractivity contribution in [2.24, 2.45) is 0 Å². The first kappa shape index (κ1) is 12.5. The van der Waals surface area contributed by atoms with Crippen LogP contribution >= 0.6 is 0 Å². The van der Waals surface area contributed by atoms with Gasteiger partial charge >= 0.3 is 0 Å². The van der Waals surface area contributed by atoms with Gasteiger partial charge in [-0.15, -0.1) is 0 Å². The zero-order valence-electron chi connectivity index (χ0n) is 12.6. The highest BCUT2D eigenvalue weighted by atomic mass is 14.9. The topological polar surface area (TPSA) is 12.0 Å². The van der Waals surface area contributed by atoms with Gasteiger partial charge in [-0.2, -0.15) is 0 Å². The molecule has 1 aliphatic rings. The van der Waals surface area contributed by atoms with Crippen LogP contribution in [0, 0.1) is 0 Å². The van der Waals surface area contributed by atoms with Crippen molar-refractivity contribution in [3.63, 3.8) is 0 Å². The average molecular weight is 293 g/mol. The van der Waals surface area contributed by atoms with Crippen LogP contribution in [0.2, 0.25) is 0 Å². The van der Waals surface area contributed by atoms with Crippen LogP contribution in [0.15, 0.2) is 84.9 Å². The van der Waals surface area contributed by atoms with Gasteiger partial charge in [-0.3, -0.25) is 0 Å². The first-order chi connectivity index (χ1) is 11.4. The summed E-state index contributed by atoms with van der Waals surface area (Å²) < 4.78 is 0. The second-order valence-electron chi connectivity index (χ2n) is 5.93. The van der Waals surface area contributed by atoms with Crippen molar-refractivity contribution in [1.29, 1.82) is 0 Å². The molecule has 0 amide bonds. The fourth-order valence-electron chi connectivity index (χ4n) is 3.59. The van der Waals surface area contributed by atoms with Gasteiger partial charge in [0.1, 0.15) is 0 Å².